The van der Waals surface area contributed by atoms with Crippen LogP contribution in [0.3, 0.4) is 0 Å². The quantitative estimate of drug-likeness (QED) is 0.659. The minimum Gasteiger partial charge on any atom is -0.462 e. The van der Waals surface area contributed by atoms with Gasteiger partial charge < -0.3 is 14.2 Å². The van der Waals surface area contributed by atoms with Crippen LogP contribution in [0, 0.1) is 16.2 Å². The summed E-state index contributed by atoms with van der Waals surface area (Å²) in [7, 11) is 0. The third-order valence-corrected chi connectivity index (χ3v) is 5.92. The van der Waals surface area contributed by atoms with E-state index in [1.165, 1.54) is 6.42 Å². The zero-order valence-electron chi connectivity index (χ0n) is 17.4. The van der Waals surface area contributed by atoms with Crippen molar-refractivity contribution < 1.29 is 19.0 Å². The van der Waals surface area contributed by atoms with Gasteiger partial charge in [-0.2, -0.15) is 0 Å². The highest BCUT2D eigenvalue weighted by Gasteiger charge is 2.48. The largest absolute Gasteiger partial charge is 0.462 e. The van der Waals surface area contributed by atoms with Crippen molar-refractivity contribution in [2.75, 3.05) is 13.2 Å². The van der Waals surface area contributed by atoms with Crippen LogP contribution in [-0.4, -0.2) is 31.1 Å². The average Bonchev–Trinajstić information content (AvgIpc) is 2.85. The third-order valence-electron chi connectivity index (χ3n) is 5.92. The van der Waals surface area contributed by atoms with Crippen LogP contribution in [0.2, 0.25) is 0 Å². The Morgan fingerprint density at radius 3 is 2.16 bits per heavy atom. The smallest absolute Gasteiger partial charge is 0.312 e. The molecule has 2 aliphatic rings. The van der Waals surface area contributed by atoms with Gasteiger partial charge in [0, 0.05) is 12.8 Å². The molecule has 1 aliphatic carbocycles. The van der Waals surface area contributed by atoms with E-state index in [2.05, 4.69) is 41.5 Å². The summed E-state index contributed by atoms with van der Waals surface area (Å²) < 4.78 is 17.8. The highest BCUT2D eigenvalue weighted by molar-refractivity contribution is 5.77. The SMILES string of the molecule is CC(C)(C)CC(C)(C(=O)OCC1COC2(CCCCC2)O1)C(C)(C)C. The number of carbonyl (C=O) groups is 1. The van der Waals surface area contributed by atoms with Crippen molar-refractivity contribution in [2.45, 2.75) is 98.9 Å². The molecule has 4 nitrogen and oxygen atoms in total. The second-order valence-electron chi connectivity index (χ2n) is 10.4. The first kappa shape index (κ1) is 20.7. The Balaban J connectivity index is 1.95. The van der Waals surface area contributed by atoms with Crippen molar-refractivity contribution in [3.8, 4) is 0 Å². The Labute approximate surface area is 154 Å². The van der Waals surface area contributed by atoms with Crippen molar-refractivity contribution >= 4 is 5.97 Å². The molecule has 2 atom stereocenters. The molecule has 2 rings (SSSR count). The van der Waals surface area contributed by atoms with Crippen molar-refractivity contribution in [3.63, 3.8) is 0 Å². The lowest BCUT2D eigenvalue weighted by Crippen LogP contribution is -2.45. The molecule has 2 unspecified atom stereocenters. The second-order valence-corrected chi connectivity index (χ2v) is 10.4. The molecule has 1 saturated carbocycles. The zero-order chi connectivity index (χ0) is 18.9. The lowest BCUT2D eigenvalue weighted by atomic mass is 9.61. The Morgan fingerprint density at radius 1 is 1.04 bits per heavy atom. The Kier molecular flexibility index (Phi) is 5.95. The van der Waals surface area contributed by atoms with Crippen LogP contribution >= 0.6 is 0 Å². The highest BCUT2D eigenvalue weighted by atomic mass is 16.8. The molecule has 146 valence electrons. The molecule has 25 heavy (non-hydrogen) atoms. The number of ether oxygens (including phenoxy) is 3. The first-order chi connectivity index (χ1) is 11.4. The van der Waals surface area contributed by atoms with Gasteiger partial charge in [0.1, 0.15) is 12.7 Å². The number of hydrogen-bond acceptors (Lipinski definition) is 4. The van der Waals surface area contributed by atoms with Crippen molar-refractivity contribution in [2.24, 2.45) is 16.2 Å². The van der Waals surface area contributed by atoms with Gasteiger partial charge in [-0.15, -0.1) is 0 Å². The molecule has 0 aromatic carbocycles. The Bertz CT molecular complexity index is 465. The summed E-state index contributed by atoms with van der Waals surface area (Å²) >= 11 is 0. The summed E-state index contributed by atoms with van der Waals surface area (Å²) in [5, 5.41) is 0. The summed E-state index contributed by atoms with van der Waals surface area (Å²) in [4.78, 5) is 13.0. The standard InChI is InChI=1S/C21H38O4/c1-18(2,3)15-20(7,19(4,5)6)17(22)23-13-16-14-24-21(25-16)11-9-8-10-12-21/h16H,8-15H2,1-7H3. The van der Waals surface area contributed by atoms with E-state index in [1.54, 1.807) is 0 Å². The minimum atomic E-state index is -0.534. The Morgan fingerprint density at radius 2 is 1.64 bits per heavy atom. The molecule has 0 bridgehead atoms. The molecule has 0 radical (unpaired) electrons. The van der Waals surface area contributed by atoms with Crippen LogP contribution in [0.15, 0.2) is 0 Å². The fraction of sp³-hybridized carbons (Fsp3) is 0.952. The van der Waals surface area contributed by atoms with Crippen LogP contribution in [0.5, 0.6) is 0 Å². The van der Waals surface area contributed by atoms with E-state index in [0.717, 1.165) is 32.1 Å². The maximum Gasteiger partial charge on any atom is 0.312 e. The normalized spacial score (nSPS) is 26.4. The molecule has 1 spiro atoms. The van der Waals surface area contributed by atoms with Gasteiger partial charge in [0.2, 0.25) is 0 Å². The van der Waals surface area contributed by atoms with E-state index in [9.17, 15) is 4.79 Å². The van der Waals surface area contributed by atoms with Crippen LogP contribution < -0.4 is 0 Å². The molecule has 0 aromatic heterocycles. The molecule has 0 aromatic rings. The lowest BCUT2D eigenvalue weighted by Gasteiger charge is -2.43. The summed E-state index contributed by atoms with van der Waals surface area (Å²) in [6, 6.07) is 0. The third kappa shape index (κ3) is 4.97. The average molecular weight is 355 g/mol. The maximum absolute atomic E-state index is 13.0. The van der Waals surface area contributed by atoms with Crippen molar-refractivity contribution in [1.82, 2.24) is 0 Å². The number of rotatable bonds is 4. The van der Waals surface area contributed by atoms with E-state index < -0.39 is 11.2 Å². The molecule has 1 saturated heterocycles. The molecular weight excluding hydrogens is 316 g/mol. The number of carbonyl (C=O) groups excluding carboxylic acids is 1. The molecule has 1 aliphatic heterocycles. The van der Waals surface area contributed by atoms with E-state index in [-0.39, 0.29) is 29.5 Å². The minimum absolute atomic E-state index is 0.0557. The first-order valence-electron chi connectivity index (χ1n) is 9.86. The lowest BCUT2D eigenvalue weighted by molar-refractivity contribution is -0.195. The number of hydrogen-bond donors (Lipinski definition) is 0. The van der Waals surface area contributed by atoms with E-state index in [1.807, 2.05) is 6.92 Å². The van der Waals surface area contributed by atoms with Gasteiger partial charge >= 0.3 is 5.97 Å². The van der Waals surface area contributed by atoms with Gasteiger partial charge in [-0.05, 0) is 37.0 Å². The van der Waals surface area contributed by atoms with Gasteiger partial charge in [0.05, 0.1) is 12.0 Å². The second kappa shape index (κ2) is 7.19. The number of esters is 1. The predicted octanol–water partition coefficient (Wildman–Crippen LogP) is 5.09. The van der Waals surface area contributed by atoms with Gasteiger partial charge in [-0.25, -0.2) is 0 Å². The van der Waals surface area contributed by atoms with E-state index >= 15 is 0 Å². The van der Waals surface area contributed by atoms with Crippen LogP contribution in [0.1, 0.15) is 87.0 Å². The van der Waals surface area contributed by atoms with E-state index in [4.69, 9.17) is 14.2 Å². The first-order valence-corrected chi connectivity index (χ1v) is 9.86. The summed E-state index contributed by atoms with van der Waals surface area (Å²) in [5.41, 5.74) is -0.650. The summed E-state index contributed by atoms with van der Waals surface area (Å²) in [6.45, 7) is 15.7. The van der Waals surface area contributed by atoms with Crippen molar-refractivity contribution in [1.29, 1.82) is 0 Å². The van der Waals surface area contributed by atoms with Gasteiger partial charge in [-0.3, -0.25) is 4.79 Å². The topological polar surface area (TPSA) is 44.8 Å². The molecule has 0 amide bonds. The van der Waals surface area contributed by atoms with Gasteiger partial charge in [0.15, 0.2) is 5.79 Å². The highest BCUT2D eigenvalue weighted by Crippen LogP contribution is 2.47. The molecular formula is C21H38O4. The monoisotopic (exact) mass is 354 g/mol. The van der Waals surface area contributed by atoms with Crippen LogP contribution in [0.4, 0.5) is 0 Å². The van der Waals surface area contributed by atoms with Gasteiger partial charge in [-0.1, -0.05) is 48.0 Å². The van der Waals surface area contributed by atoms with Crippen LogP contribution in [0.25, 0.3) is 0 Å². The maximum atomic E-state index is 13.0. The summed E-state index contributed by atoms with van der Waals surface area (Å²) in [6.07, 6.45) is 6.13. The van der Waals surface area contributed by atoms with Gasteiger partial charge in [0.25, 0.3) is 0 Å². The van der Waals surface area contributed by atoms with Crippen LogP contribution in [-0.2, 0) is 19.0 Å². The molecule has 4 heteroatoms. The van der Waals surface area contributed by atoms with Crippen molar-refractivity contribution in [3.05, 3.63) is 0 Å². The Hall–Kier alpha value is -0.610. The molecule has 2 fully saturated rings. The molecule has 1 heterocycles. The predicted molar refractivity (Wildman–Crippen MR) is 99.2 cm³/mol. The molecule has 0 N–H and O–H groups in total. The fourth-order valence-electron chi connectivity index (χ4n) is 4.08. The fourth-order valence-corrected chi connectivity index (χ4v) is 4.08. The zero-order valence-corrected chi connectivity index (χ0v) is 17.4. The van der Waals surface area contributed by atoms with E-state index in [0.29, 0.717) is 6.61 Å². The summed E-state index contributed by atoms with van der Waals surface area (Å²) in [5.74, 6) is -0.531.